The average molecular weight is 277 g/mol. The summed E-state index contributed by atoms with van der Waals surface area (Å²) >= 11 is 0. The lowest BCUT2D eigenvalue weighted by molar-refractivity contribution is 0.0669. The largest absolute Gasteiger partial charge is 0.396 e. The number of aliphatic hydroxyl groups is 1. The molecular weight excluding hydrogens is 253 g/mol. The summed E-state index contributed by atoms with van der Waals surface area (Å²) in [6, 6.07) is 5.10. The van der Waals surface area contributed by atoms with Crippen LogP contribution < -0.4 is 4.90 Å². The van der Waals surface area contributed by atoms with E-state index in [0.29, 0.717) is 5.92 Å². The van der Waals surface area contributed by atoms with Crippen LogP contribution in [0.4, 0.5) is 10.1 Å². The zero-order chi connectivity index (χ0) is 14.2. The summed E-state index contributed by atoms with van der Waals surface area (Å²) < 4.78 is 13.5. The first kappa shape index (κ1) is 13.9. The number of rotatable bonds is 3. The molecule has 1 N–H and O–H groups in total. The van der Waals surface area contributed by atoms with Gasteiger partial charge in [-0.1, -0.05) is 25.8 Å². The molecule has 3 heteroatoms. The molecule has 1 fully saturated rings. The van der Waals surface area contributed by atoms with Crippen LogP contribution in [0.25, 0.3) is 0 Å². The Morgan fingerprint density at radius 1 is 1.45 bits per heavy atom. The predicted molar refractivity (Wildman–Crippen MR) is 79.5 cm³/mol. The van der Waals surface area contributed by atoms with Gasteiger partial charge in [-0.05, 0) is 42.9 Å². The van der Waals surface area contributed by atoms with Gasteiger partial charge in [0.1, 0.15) is 5.82 Å². The van der Waals surface area contributed by atoms with Crippen LogP contribution in [0.1, 0.15) is 38.2 Å². The number of nitrogens with zero attached hydrogens (tertiary/aromatic N) is 1. The van der Waals surface area contributed by atoms with Crippen molar-refractivity contribution in [3.8, 4) is 0 Å². The molecule has 1 heterocycles. The molecule has 110 valence electrons. The van der Waals surface area contributed by atoms with Gasteiger partial charge >= 0.3 is 0 Å². The minimum atomic E-state index is -0.161. The zero-order valence-electron chi connectivity index (χ0n) is 12.2. The van der Waals surface area contributed by atoms with E-state index in [1.807, 2.05) is 6.07 Å². The van der Waals surface area contributed by atoms with Crippen molar-refractivity contribution in [1.82, 2.24) is 0 Å². The van der Waals surface area contributed by atoms with Crippen LogP contribution in [0.2, 0.25) is 0 Å². The lowest BCUT2D eigenvalue weighted by atomic mass is 9.70. The SMILES string of the molecule is CC1CCCC(CO)(CN2CCc3ccc(F)cc32)C1. The minimum Gasteiger partial charge on any atom is -0.396 e. The maximum absolute atomic E-state index is 13.5. The predicted octanol–water partition coefficient (Wildman–Crippen LogP) is 3.38. The first-order chi connectivity index (χ1) is 9.62. The minimum absolute atomic E-state index is 0.00555. The third kappa shape index (κ3) is 2.56. The van der Waals surface area contributed by atoms with Crippen molar-refractivity contribution in [3.05, 3.63) is 29.6 Å². The van der Waals surface area contributed by atoms with E-state index in [1.54, 1.807) is 12.1 Å². The Bertz CT molecular complexity index is 490. The molecule has 2 atom stereocenters. The second-order valence-electron chi connectivity index (χ2n) is 6.80. The number of hydrogen-bond donors (Lipinski definition) is 1. The van der Waals surface area contributed by atoms with E-state index >= 15 is 0 Å². The Kier molecular flexibility index (Phi) is 3.72. The van der Waals surface area contributed by atoms with E-state index in [9.17, 15) is 9.50 Å². The summed E-state index contributed by atoms with van der Waals surface area (Å²) in [5, 5.41) is 9.92. The number of anilines is 1. The summed E-state index contributed by atoms with van der Waals surface area (Å²) in [5.41, 5.74) is 2.28. The molecule has 1 aromatic carbocycles. The Balaban J connectivity index is 1.80. The van der Waals surface area contributed by atoms with E-state index in [2.05, 4.69) is 11.8 Å². The Morgan fingerprint density at radius 2 is 2.30 bits per heavy atom. The molecule has 0 amide bonds. The van der Waals surface area contributed by atoms with Gasteiger partial charge < -0.3 is 10.0 Å². The molecule has 2 unspecified atom stereocenters. The van der Waals surface area contributed by atoms with Crippen molar-refractivity contribution in [2.45, 2.75) is 39.0 Å². The fraction of sp³-hybridized carbons (Fsp3) is 0.647. The number of halogens is 1. The molecule has 1 aromatic rings. The van der Waals surface area contributed by atoms with Crippen molar-refractivity contribution in [2.75, 3.05) is 24.6 Å². The van der Waals surface area contributed by atoms with Gasteiger partial charge in [-0.2, -0.15) is 0 Å². The number of benzene rings is 1. The second-order valence-corrected chi connectivity index (χ2v) is 6.80. The first-order valence-corrected chi connectivity index (χ1v) is 7.76. The molecule has 1 saturated carbocycles. The highest BCUT2D eigenvalue weighted by molar-refractivity contribution is 5.58. The first-order valence-electron chi connectivity index (χ1n) is 7.76. The average Bonchev–Trinajstić information content (AvgIpc) is 2.81. The molecule has 0 aromatic heterocycles. The van der Waals surface area contributed by atoms with Gasteiger partial charge in [-0.3, -0.25) is 0 Å². The van der Waals surface area contributed by atoms with Gasteiger partial charge in [-0.15, -0.1) is 0 Å². The molecule has 2 aliphatic rings. The monoisotopic (exact) mass is 277 g/mol. The van der Waals surface area contributed by atoms with Crippen LogP contribution in [0, 0.1) is 17.2 Å². The van der Waals surface area contributed by atoms with E-state index in [0.717, 1.165) is 38.0 Å². The maximum Gasteiger partial charge on any atom is 0.125 e. The molecule has 1 aliphatic heterocycles. The van der Waals surface area contributed by atoms with Gasteiger partial charge in [0.25, 0.3) is 0 Å². The molecule has 0 spiro atoms. The van der Waals surface area contributed by atoms with Crippen LogP contribution in [0.3, 0.4) is 0 Å². The van der Waals surface area contributed by atoms with E-state index < -0.39 is 0 Å². The van der Waals surface area contributed by atoms with Crippen molar-refractivity contribution in [2.24, 2.45) is 11.3 Å². The normalized spacial score (nSPS) is 29.6. The van der Waals surface area contributed by atoms with Crippen molar-refractivity contribution < 1.29 is 9.50 Å². The molecule has 0 bridgehead atoms. The Morgan fingerprint density at radius 3 is 3.05 bits per heavy atom. The molecule has 0 saturated heterocycles. The van der Waals surface area contributed by atoms with Gasteiger partial charge in [-0.25, -0.2) is 4.39 Å². The fourth-order valence-corrected chi connectivity index (χ4v) is 4.09. The zero-order valence-corrected chi connectivity index (χ0v) is 12.2. The number of hydrogen-bond acceptors (Lipinski definition) is 2. The highest BCUT2D eigenvalue weighted by Crippen LogP contribution is 2.41. The van der Waals surface area contributed by atoms with Gasteiger partial charge in [0, 0.05) is 24.2 Å². The van der Waals surface area contributed by atoms with E-state index in [4.69, 9.17) is 0 Å². The molecular formula is C17H24FNO. The standard InChI is InChI=1S/C17H24FNO/c1-13-3-2-7-17(10-13,12-20)11-19-8-6-14-4-5-15(18)9-16(14)19/h4-5,9,13,20H,2-3,6-8,10-12H2,1H3. The molecule has 1 aliphatic carbocycles. The summed E-state index contributed by atoms with van der Waals surface area (Å²) in [6.45, 7) is 4.35. The van der Waals surface area contributed by atoms with Crippen LogP contribution in [-0.2, 0) is 6.42 Å². The van der Waals surface area contributed by atoms with Crippen molar-refractivity contribution >= 4 is 5.69 Å². The summed E-state index contributed by atoms with van der Waals surface area (Å²) in [5.74, 6) is 0.524. The van der Waals surface area contributed by atoms with Crippen molar-refractivity contribution in [3.63, 3.8) is 0 Å². The third-order valence-corrected chi connectivity index (χ3v) is 5.09. The van der Waals surface area contributed by atoms with Crippen molar-refractivity contribution in [1.29, 1.82) is 0 Å². The quantitative estimate of drug-likeness (QED) is 0.915. The van der Waals surface area contributed by atoms with Gasteiger partial charge in [0.15, 0.2) is 0 Å². The summed E-state index contributed by atoms with van der Waals surface area (Å²) in [4.78, 5) is 2.28. The lowest BCUT2D eigenvalue weighted by Gasteiger charge is -2.42. The molecule has 20 heavy (non-hydrogen) atoms. The summed E-state index contributed by atoms with van der Waals surface area (Å²) in [7, 11) is 0. The molecule has 3 rings (SSSR count). The van der Waals surface area contributed by atoms with Crippen LogP contribution >= 0.6 is 0 Å². The molecule has 0 radical (unpaired) electrons. The van der Waals surface area contributed by atoms with E-state index in [-0.39, 0.29) is 17.8 Å². The Labute approximate surface area is 120 Å². The lowest BCUT2D eigenvalue weighted by Crippen LogP contribution is -2.42. The smallest absolute Gasteiger partial charge is 0.125 e. The van der Waals surface area contributed by atoms with Crippen LogP contribution in [-0.4, -0.2) is 24.8 Å². The summed E-state index contributed by atoms with van der Waals surface area (Å²) in [6.07, 6.45) is 5.64. The van der Waals surface area contributed by atoms with Gasteiger partial charge in [0.05, 0.1) is 6.61 Å². The number of aliphatic hydroxyl groups excluding tert-OH is 1. The highest BCUT2D eigenvalue weighted by atomic mass is 19.1. The van der Waals surface area contributed by atoms with E-state index in [1.165, 1.54) is 18.4 Å². The Hall–Kier alpha value is -1.09. The highest BCUT2D eigenvalue weighted by Gasteiger charge is 2.37. The number of fused-ring (bicyclic) bond motifs is 1. The van der Waals surface area contributed by atoms with Crippen LogP contribution in [0.5, 0.6) is 0 Å². The second kappa shape index (κ2) is 5.36. The van der Waals surface area contributed by atoms with Crippen LogP contribution in [0.15, 0.2) is 18.2 Å². The van der Waals surface area contributed by atoms with Gasteiger partial charge in [0.2, 0.25) is 0 Å². The molecule has 2 nitrogen and oxygen atoms in total. The fourth-order valence-electron chi connectivity index (χ4n) is 4.09. The topological polar surface area (TPSA) is 23.5 Å². The maximum atomic E-state index is 13.5. The third-order valence-electron chi connectivity index (χ3n) is 5.09.